The van der Waals surface area contributed by atoms with Gasteiger partial charge in [0.2, 0.25) is 17.6 Å². The number of carbonyl (C=O) groups excluding carboxylic acids is 2. The van der Waals surface area contributed by atoms with E-state index in [9.17, 15) is 9.59 Å². The third-order valence-corrected chi connectivity index (χ3v) is 5.71. The SMILES string of the molecule is COCC(=O)Nc1cc(C(=O)NCc2nc(-c3ccccc3)no2)cc2nc(-c3ccccc3)n(C)c12. The molecule has 3 aromatic carbocycles. The molecule has 0 radical (unpaired) electrons. The van der Waals surface area contributed by atoms with E-state index in [1.165, 1.54) is 7.11 Å². The molecule has 2 heterocycles. The number of imidazole rings is 1. The third-order valence-electron chi connectivity index (χ3n) is 5.71. The highest BCUT2D eigenvalue weighted by Gasteiger charge is 2.19. The highest BCUT2D eigenvalue weighted by atomic mass is 16.5. The van der Waals surface area contributed by atoms with Crippen LogP contribution < -0.4 is 10.6 Å². The Hall–Kier alpha value is -4.83. The fourth-order valence-electron chi connectivity index (χ4n) is 4.03. The monoisotopic (exact) mass is 496 g/mol. The van der Waals surface area contributed by atoms with Gasteiger partial charge in [-0.3, -0.25) is 9.59 Å². The van der Waals surface area contributed by atoms with Crippen molar-refractivity contribution in [2.75, 3.05) is 19.0 Å². The smallest absolute Gasteiger partial charge is 0.251 e. The standard InChI is InChI=1S/C27H24N6O4/c1-33-24-20(29-22(34)16-36-2)13-19(14-21(24)30-26(33)18-11-7-4-8-12-18)27(35)28-15-23-31-25(32-37-23)17-9-5-3-6-10-17/h3-14H,15-16H2,1-2H3,(H,28,35)(H,29,34). The zero-order valence-electron chi connectivity index (χ0n) is 20.3. The zero-order chi connectivity index (χ0) is 25.8. The molecule has 2 amide bonds. The van der Waals surface area contributed by atoms with Crippen LogP contribution in [-0.2, 0) is 23.1 Å². The Bertz CT molecular complexity index is 1560. The molecule has 0 aliphatic carbocycles. The lowest BCUT2D eigenvalue weighted by molar-refractivity contribution is -0.119. The summed E-state index contributed by atoms with van der Waals surface area (Å²) >= 11 is 0. The van der Waals surface area contributed by atoms with Crippen LogP contribution in [0.2, 0.25) is 0 Å². The molecular weight excluding hydrogens is 472 g/mol. The first kappa shape index (κ1) is 23.9. The summed E-state index contributed by atoms with van der Waals surface area (Å²) in [7, 11) is 3.31. The first-order chi connectivity index (χ1) is 18.0. The number of aromatic nitrogens is 4. The summed E-state index contributed by atoms with van der Waals surface area (Å²) in [6.07, 6.45) is 0. The molecule has 0 aliphatic rings. The van der Waals surface area contributed by atoms with Gasteiger partial charge in [-0.1, -0.05) is 65.8 Å². The van der Waals surface area contributed by atoms with Crippen molar-refractivity contribution >= 4 is 28.5 Å². The first-order valence-corrected chi connectivity index (χ1v) is 11.5. The topological polar surface area (TPSA) is 124 Å². The molecule has 0 saturated heterocycles. The Labute approximate surface area is 212 Å². The number of hydrogen-bond acceptors (Lipinski definition) is 7. The lowest BCUT2D eigenvalue weighted by atomic mass is 10.1. The van der Waals surface area contributed by atoms with Crippen LogP contribution in [0.5, 0.6) is 0 Å². The summed E-state index contributed by atoms with van der Waals surface area (Å²) in [5.41, 5.74) is 3.74. The lowest BCUT2D eigenvalue weighted by Gasteiger charge is -2.11. The van der Waals surface area contributed by atoms with Crippen molar-refractivity contribution in [2.45, 2.75) is 6.54 Å². The van der Waals surface area contributed by atoms with Gasteiger partial charge in [0.25, 0.3) is 5.91 Å². The Morgan fingerprint density at radius 2 is 1.68 bits per heavy atom. The predicted molar refractivity (Wildman–Crippen MR) is 138 cm³/mol. The van der Waals surface area contributed by atoms with Crippen LogP contribution in [0.1, 0.15) is 16.2 Å². The number of rotatable bonds is 8. The third kappa shape index (κ3) is 5.09. The van der Waals surface area contributed by atoms with E-state index >= 15 is 0 Å². The fraction of sp³-hybridized carbons (Fsp3) is 0.148. The van der Waals surface area contributed by atoms with E-state index in [0.717, 1.165) is 11.1 Å². The van der Waals surface area contributed by atoms with Gasteiger partial charge in [0.15, 0.2) is 0 Å². The summed E-state index contributed by atoms with van der Waals surface area (Å²) in [6, 6.07) is 22.4. The molecule has 0 aliphatic heterocycles. The minimum Gasteiger partial charge on any atom is -0.375 e. The van der Waals surface area contributed by atoms with Crippen molar-refractivity contribution in [3.05, 3.63) is 84.3 Å². The second-order valence-corrected chi connectivity index (χ2v) is 8.29. The number of benzene rings is 3. The van der Waals surface area contributed by atoms with Crippen molar-refractivity contribution in [3.8, 4) is 22.8 Å². The number of carbonyl (C=O) groups is 2. The van der Waals surface area contributed by atoms with Crippen molar-refractivity contribution in [2.24, 2.45) is 7.05 Å². The Morgan fingerprint density at radius 3 is 2.38 bits per heavy atom. The summed E-state index contributed by atoms with van der Waals surface area (Å²) in [5, 5.41) is 9.61. The maximum Gasteiger partial charge on any atom is 0.251 e. The normalized spacial score (nSPS) is 11.0. The van der Waals surface area contributed by atoms with Gasteiger partial charge in [0.1, 0.15) is 12.4 Å². The summed E-state index contributed by atoms with van der Waals surface area (Å²) < 4.78 is 12.1. The van der Waals surface area contributed by atoms with E-state index in [1.54, 1.807) is 12.1 Å². The fourth-order valence-corrected chi connectivity index (χ4v) is 4.03. The maximum absolute atomic E-state index is 13.1. The van der Waals surface area contributed by atoms with E-state index in [0.29, 0.717) is 33.9 Å². The van der Waals surface area contributed by atoms with Gasteiger partial charge in [-0.05, 0) is 12.1 Å². The number of nitrogens with one attached hydrogen (secondary N) is 2. The molecule has 2 aromatic heterocycles. The Morgan fingerprint density at radius 1 is 0.973 bits per heavy atom. The Balaban J connectivity index is 1.43. The van der Waals surface area contributed by atoms with Gasteiger partial charge in [-0.2, -0.15) is 4.98 Å². The van der Waals surface area contributed by atoms with Crippen LogP contribution in [0.15, 0.2) is 77.3 Å². The average Bonchev–Trinajstić information content (AvgIpc) is 3.53. The molecule has 0 fully saturated rings. The molecule has 5 rings (SSSR count). The van der Waals surface area contributed by atoms with Crippen molar-refractivity contribution in [1.82, 2.24) is 25.0 Å². The van der Waals surface area contributed by atoms with Gasteiger partial charge >= 0.3 is 0 Å². The number of ether oxygens (including phenoxy) is 1. The van der Waals surface area contributed by atoms with E-state index < -0.39 is 0 Å². The molecule has 186 valence electrons. The van der Waals surface area contributed by atoms with Gasteiger partial charge < -0.3 is 24.5 Å². The van der Waals surface area contributed by atoms with Crippen LogP contribution in [0.3, 0.4) is 0 Å². The molecule has 0 atom stereocenters. The number of methoxy groups -OCH3 is 1. The molecule has 2 N–H and O–H groups in total. The number of fused-ring (bicyclic) bond motifs is 1. The second-order valence-electron chi connectivity index (χ2n) is 8.29. The maximum atomic E-state index is 13.1. The quantitative estimate of drug-likeness (QED) is 0.335. The van der Waals surface area contributed by atoms with Gasteiger partial charge in [0.05, 0.1) is 23.3 Å². The van der Waals surface area contributed by atoms with E-state index in [4.69, 9.17) is 14.2 Å². The number of nitrogens with zero attached hydrogens (tertiary/aromatic N) is 4. The highest BCUT2D eigenvalue weighted by molar-refractivity contribution is 6.06. The van der Waals surface area contributed by atoms with Gasteiger partial charge in [0, 0.05) is 30.8 Å². The first-order valence-electron chi connectivity index (χ1n) is 11.5. The number of amides is 2. The van der Waals surface area contributed by atoms with Gasteiger partial charge in [-0.25, -0.2) is 4.98 Å². The van der Waals surface area contributed by atoms with Crippen LogP contribution in [0.25, 0.3) is 33.8 Å². The van der Waals surface area contributed by atoms with Crippen molar-refractivity contribution in [1.29, 1.82) is 0 Å². The summed E-state index contributed by atoms with van der Waals surface area (Å²) in [4.78, 5) is 34.5. The molecule has 5 aromatic rings. The van der Waals surface area contributed by atoms with Crippen LogP contribution in [-0.4, -0.2) is 45.2 Å². The van der Waals surface area contributed by atoms with Crippen LogP contribution in [0, 0.1) is 0 Å². The number of aryl methyl sites for hydroxylation is 1. The molecule has 10 heteroatoms. The predicted octanol–water partition coefficient (Wildman–Crippen LogP) is 3.81. The zero-order valence-corrected chi connectivity index (χ0v) is 20.3. The molecule has 0 bridgehead atoms. The second kappa shape index (κ2) is 10.4. The summed E-state index contributed by atoms with van der Waals surface area (Å²) in [6.45, 7) is -0.0816. The van der Waals surface area contributed by atoms with E-state index in [2.05, 4.69) is 20.8 Å². The van der Waals surface area contributed by atoms with Crippen LogP contribution >= 0.6 is 0 Å². The number of anilines is 1. The van der Waals surface area contributed by atoms with Crippen molar-refractivity contribution < 1.29 is 18.8 Å². The van der Waals surface area contributed by atoms with Crippen molar-refractivity contribution in [3.63, 3.8) is 0 Å². The van der Waals surface area contributed by atoms with E-state index in [1.807, 2.05) is 72.3 Å². The summed E-state index contributed by atoms with van der Waals surface area (Å²) in [5.74, 6) is 0.691. The highest BCUT2D eigenvalue weighted by Crippen LogP contribution is 2.30. The van der Waals surface area contributed by atoms with Crippen LogP contribution in [0.4, 0.5) is 5.69 Å². The average molecular weight is 497 g/mol. The Kier molecular flexibility index (Phi) is 6.73. The largest absolute Gasteiger partial charge is 0.375 e. The molecule has 0 spiro atoms. The molecular formula is C27H24N6O4. The lowest BCUT2D eigenvalue weighted by Crippen LogP contribution is -2.23. The number of hydrogen-bond donors (Lipinski definition) is 2. The minimum absolute atomic E-state index is 0.0412. The molecule has 10 nitrogen and oxygen atoms in total. The van der Waals surface area contributed by atoms with E-state index in [-0.39, 0.29) is 30.9 Å². The minimum atomic E-state index is -0.379. The molecule has 0 saturated carbocycles. The molecule has 0 unspecified atom stereocenters. The van der Waals surface area contributed by atoms with Gasteiger partial charge in [-0.15, -0.1) is 0 Å². The molecule has 37 heavy (non-hydrogen) atoms.